The van der Waals surface area contributed by atoms with Gasteiger partial charge >= 0.3 is 5.97 Å². The van der Waals surface area contributed by atoms with Crippen LogP contribution in [0.25, 0.3) is 0 Å². The molecule has 1 aromatic rings. The maximum atomic E-state index is 12.7. The van der Waals surface area contributed by atoms with Crippen molar-refractivity contribution in [2.75, 3.05) is 37.7 Å². The molecule has 1 unspecified atom stereocenters. The van der Waals surface area contributed by atoms with Crippen LogP contribution in [0.1, 0.15) is 33.6 Å². The van der Waals surface area contributed by atoms with Gasteiger partial charge in [-0.05, 0) is 31.9 Å². The molecule has 1 aliphatic heterocycles. The number of hydrogen-bond donors (Lipinski definition) is 0. The maximum Gasteiger partial charge on any atom is 0.310 e. The van der Waals surface area contributed by atoms with Gasteiger partial charge in [-0.25, -0.2) is 8.42 Å². The first-order valence-corrected chi connectivity index (χ1v) is 10.9. The number of carbonyl (C=O) groups excluding carboxylic acids is 1. The van der Waals surface area contributed by atoms with E-state index in [0.717, 1.165) is 6.07 Å². The summed E-state index contributed by atoms with van der Waals surface area (Å²) >= 11 is 0. The molecule has 1 atom stereocenters. The zero-order chi connectivity index (χ0) is 20.9. The van der Waals surface area contributed by atoms with E-state index in [4.69, 9.17) is 4.74 Å². The number of nitro benzene ring substituents is 1. The molecule has 1 fully saturated rings. The van der Waals surface area contributed by atoms with E-state index in [1.165, 1.54) is 16.4 Å². The third-order valence-corrected chi connectivity index (χ3v) is 6.91. The molecule has 0 saturated carbocycles. The van der Waals surface area contributed by atoms with E-state index >= 15 is 0 Å². The standard InChI is InChI=1S/C18H27N3O6S/c1-4-20(5-2)28(25,26)15-9-10-16(17(12-15)21(23)24)19-11-7-8-14(13-19)18(22)27-6-3/h9-10,12,14H,4-8,11,13H2,1-3H3. The highest BCUT2D eigenvalue weighted by atomic mass is 32.2. The van der Waals surface area contributed by atoms with E-state index in [0.29, 0.717) is 31.6 Å². The van der Waals surface area contributed by atoms with E-state index in [-0.39, 0.29) is 42.2 Å². The number of carbonyl (C=O) groups is 1. The molecular weight excluding hydrogens is 386 g/mol. The van der Waals surface area contributed by atoms with Crippen molar-refractivity contribution in [3.05, 3.63) is 28.3 Å². The summed E-state index contributed by atoms with van der Waals surface area (Å²) < 4.78 is 31.7. The predicted molar refractivity (Wildman–Crippen MR) is 105 cm³/mol. The van der Waals surface area contributed by atoms with Gasteiger partial charge in [0.15, 0.2) is 0 Å². The topological polar surface area (TPSA) is 110 Å². The molecule has 1 aromatic carbocycles. The van der Waals surface area contributed by atoms with Crippen LogP contribution in [0.3, 0.4) is 0 Å². The van der Waals surface area contributed by atoms with Gasteiger partial charge in [-0.3, -0.25) is 14.9 Å². The van der Waals surface area contributed by atoms with Gasteiger partial charge in [0.2, 0.25) is 10.0 Å². The molecule has 0 aromatic heterocycles. The van der Waals surface area contributed by atoms with Gasteiger partial charge < -0.3 is 9.64 Å². The Balaban J connectivity index is 2.38. The minimum atomic E-state index is -3.80. The lowest BCUT2D eigenvalue weighted by Gasteiger charge is -2.33. The molecule has 0 amide bonds. The Morgan fingerprint density at radius 1 is 1.32 bits per heavy atom. The first-order chi connectivity index (χ1) is 13.3. The Kier molecular flexibility index (Phi) is 7.36. The number of nitrogens with zero attached hydrogens (tertiary/aromatic N) is 3. The summed E-state index contributed by atoms with van der Waals surface area (Å²) in [6.07, 6.45) is 1.36. The van der Waals surface area contributed by atoms with Crippen LogP contribution >= 0.6 is 0 Å². The van der Waals surface area contributed by atoms with Gasteiger partial charge in [0, 0.05) is 32.2 Å². The second-order valence-corrected chi connectivity index (χ2v) is 8.47. The van der Waals surface area contributed by atoms with Crippen molar-refractivity contribution in [2.24, 2.45) is 5.92 Å². The van der Waals surface area contributed by atoms with Crippen LogP contribution in [0.5, 0.6) is 0 Å². The van der Waals surface area contributed by atoms with Crippen LogP contribution in [-0.2, 0) is 19.6 Å². The van der Waals surface area contributed by atoms with Crippen molar-refractivity contribution < 1.29 is 22.9 Å². The average molecular weight is 413 g/mol. The van der Waals surface area contributed by atoms with E-state index in [1.807, 2.05) is 0 Å². The molecule has 0 bridgehead atoms. The molecular formula is C18H27N3O6S. The van der Waals surface area contributed by atoms with Crippen molar-refractivity contribution in [1.29, 1.82) is 0 Å². The first kappa shape index (κ1) is 22.1. The number of esters is 1. The molecule has 0 aliphatic carbocycles. The highest BCUT2D eigenvalue weighted by Crippen LogP contribution is 2.34. The fourth-order valence-corrected chi connectivity index (χ4v) is 4.92. The lowest BCUT2D eigenvalue weighted by Crippen LogP contribution is -2.39. The second-order valence-electron chi connectivity index (χ2n) is 6.53. The van der Waals surface area contributed by atoms with Crippen LogP contribution in [0.4, 0.5) is 11.4 Å². The summed E-state index contributed by atoms with van der Waals surface area (Å²) in [4.78, 5) is 24.8. The van der Waals surface area contributed by atoms with Crippen molar-refractivity contribution in [3.63, 3.8) is 0 Å². The molecule has 1 heterocycles. The third kappa shape index (κ3) is 4.61. The molecule has 0 spiro atoms. The summed E-state index contributed by atoms with van der Waals surface area (Å²) in [5, 5.41) is 11.6. The minimum Gasteiger partial charge on any atom is -0.466 e. The summed E-state index contributed by atoms with van der Waals surface area (Å²) in [7, 11) is -3.80. The lowest BCUT2D eigenvalue weighted by molar-refractivity contribution is -0.384. The summed E-state index contributed by atoms with van der Waals surface area (Å²) in [6.45, 7) is 6.87. The van der Waals surface area contributed by atoms with Crippen LogP contribution in [0, 0.1) is 16.0 Å². The third-order valence-electron chi connectivity index (χ3n) is 4.87. The molecule has 156 valence electrons. The summed E-state index contributed by atoms with van der Waals surface area (Å²) in [6, 6.07) is 3.96. The minimum absolute atomic E-state index is 0.106. The number of ether oxygens (including phenoxy) is 1. The zero-order valence-electron chi connectivity index (χ0n) is 16.5. The van der Waals surface area contributed by atoms with E-state index in [9.17, 15) is 23.3 Å². The number of piperidine rings is 1. The zero-order valence-corrected chi connectivity index (χ0v) is 17.3. The molecule has 9 nitrogen and oxygen atoms in total. The molecule has 0 radical (unpaired) electrons. The van der Waals surface area contributed by atoms with Gasteiger partial charge in [-0.1, -0.05) is 13.8 Å². The Morgan fingerprint density at radius 2 is 2.00 bits per heavy atom. The van der Waals surface area contributed by atoms with Gasteiger partial charge in [0.25, 0.3) is 5.69 Å². The van der Waals surface area contributed by atoms with Gasteiger partial charge in [-0.15, -0.1) is 0 Å². The number of nitro groups is 1. The van der Waals surface area contributed by atoms with Crippen LogP contribution in [0.2, 0.25) is 0 Å². The first-order valence-electron chi connectivity index (χ1n) is 9.46. The van der Waals surface area contributed by atoms with Crippen molar-refractivity contribution in [2.45, 2.75) is 38.5 Å². The second kappa shape index (κ2) is 9.33. The molecule has 1 aliphatic rings. The molecule has 2 rings (SSSR count). The highest BCUT2D eigenvalue weighted by Gasteiger charge is 2.32. The Morgan fingerprint density at radius 3 is 2.57 bits per heavy atom. The van der Waals surface area contributed by atoms with Crippen molar-refractivity contribution in [1.82, 2.24) is 4.31 Å². The average Bonchev–Trinajstić information content (AvgIpc) is 2.68. The SMILES string of the molecule is CCOC(=O)C1CCCN(c2ccc(S(=O)(=O)N(CC)CC)cc2[N+](=O)[O-])C1. The largest absolute Gasteiger partial charge is 0.466 e. The van der Waals surface area contributed by atoms with Gasteiger partial charge in [0.05, 0.1) is 22.3 Å². The van der Waals surface area contributed by atoms with Gasteiger partial charge in [-0.2, -0.15) is 4.31 Å². The Labute approximate surface area is 165 Å². The number of anilines is 1. The van der Waals surface area contributed by atoms with E-state index in [1.54, 1.807) is 25.7 Å². The Hall–Kier alpha value is -2.20. The fourth-order valence-electron chi connectivity index (χ4n) is 3.44. The molecule has 0 N–H and O–H groups in total. The monoisotopic (exact) mass is 413 g/mol. The van der Waals surface area contributed by atoms with E-state index in [2.05, 4.69) is 0 Å². The molecule has 1 saturated heterocycles. The lowest BCUT2D eigenvalue weighted by atomic mass is 9.97. The predicted octanol–water partition coefficient (Wildman–Crippen LogP) is 2.40. The molecule has 28 heavy (non-hydrogen) atoms. The van der Waals surface area contributed by atoms with Crippen molar-refractivity contribution >= 4 is 27.4 Å². The van der Waals surface area contributed by atoms with Crippen LogP contribution in [0.15, 0.2) is 23.1 Å². The fraction of sp³-hybridized carbons (Fsp3) is 0.611. The van der Waals surface area contributed by atoms with Crippen molar-refractivity contribution in [3.8, 4) is 0 Å². The highest BCUT2D eigenvalue weighted by molar-refractivity contribution is 7.89. The smallest absolute Gasteiger partial charge is 0.310 e. The quantitative estimate of drug-likeness (QED) is 0.365. The number of benzene rings is 1. The van der Waals surface area contributed by atoms with Gasteiger partial charge in [0.1, 0.15) is 5.69 Å². The summed E-state index contributed by atoms with van der Waals surface area (Å²) in [5.41, 5.74) is 0.0373. The summed E-state index contributed by atoms with van der Waals surface area (Å²) in [5.74, 6) is -0.664. The normalized spacial score (nSPS) is 17.6. The number of hydrogen-bond acceptors (Lipinski definition) is 7. The Bertz CT molecular complexity index is 823. The van der Waals surface area contributed by atoms with Crippen LogP contribution in [-0.4, -0.2) is 56.4 Å². The van der Waals surface area contributed by atoms with E-state index < -0.39 is 14.9 Å². The number of rotatable bonds is 8. The van der Waals surface area contributed by atoms with Crippen LogP contribution < -0.4 is 4.90 Å². The molecule has 10 heteroatoms. The number of sulfonamides is 1. The maximum absolute atomic E-state index is 12.7.